The predicted molar refractivity (Wildman–Crippen MR) is 107 cm³/mol. The van der Waals surface area contributed by atoms with E-state index >= 15 is 0 Å². The van der Waals surface area contributed by atoms with Crippen LogP contribution in [-0.2, 0) is 9.53 Å². The van der Waals surface area contributed by atoms with E-state index in [1.54, 1.807) is 7.11 Å². The van der Waals surface area contributed by atoms with Gasteiger partial charge in [-0.25, -0.2) is 0 Å². The van der Waals surface area contributed by atoms with Crippen molar-refractivity contribution in [3.8, 4) is 17.1 Å². The van der Waals surface area contributed by atoms with Crippen molar-refractivity contribution in [2.75, 3.05) is 26.0 Å². The van der Waals surface area contributed by atoms with Gasteiger partial charge in [0, 0.05) is 29.9 Å². The lowest BCUT2D eigenvalue weighted by Crippen LogP contribution is -2.28. The molecule has 1 amide bonds. The van der Waals surface area contributed by atoms with Gasteiger partial charge in [-0.05, 0) is 36.4 Å². The number of methoxy groups -OCH3 is 1. The van der Waals surface area contributed by atoms with Gasteiger partial charge >= 0.3 is 0 Å². The van der Waals surface area contributed by atoms with Gasteiger partial charge in [0.15, 0.2) is 11.0 Å². The topological polar surface area (TPSA) is 69.0 Å². The first-order valence-electron chi connectivity index (χ1n) is 8.34. The number of carbonyl (C=O) groups excluding carboxylic acids is 1. The van der Waals surface area contributed by atoms with Crippen molar-refractivity contribution in [3.05, 3.63) is 59.6 Å². The highest BCUT2D eigenvalue weighted by Gasteiger charge is 2.17. The molecule has 2 aromatic carbocycles. The lowest BCUT2D eigenvalue weighted by molar-refractivity contribution is -0.118. The molecule has 1 heterocycles. The van der Waals surface area contributed by atoms with Gasteiger partial charge in [0.05, 0.1) is 12.4 Å². The molecule has 8 heteroatoms. The largest absolute Gasteiger partial charge is 0.383 e. The van der Waals surface area contributed by atoms with Crippen molar-refractivity contribution in [2.24, 2.45) is 0 Å². The zero-order chi connectivity index (χ0) is 19.1. The Morgan fingerprint density at radius 3 is 2.59 bits per heavy atom. The van der Waals surface area contributed by atoms with E-state index in [0.29, 0.717) is 29.2 Å². The summed E-state index contributed by atoms with van der Waals surface area (Å²) in [5, 5.41) is 12.7. The molecule has 0 aliphatic rings. The maximum absolute atomic E-state index is 12.0. The highest BCUT2D eigenvalue weighted by Crippen LogP contribution is 2.28. The van der Waals surface area contributed by atoms with Crippen LogP contribution in [0.4, 0.5) is 0 Å². The van der Waals surface area contributed by atoms with E-state index in [9.17, 15) is 4.79 Å². The second-order valence-corrected chi connectivity index (χ2v) is 6.99. The Morgan fingerprint density at radius 2 is 1.89 bits per heavy atom. The third kappa shape index (κ3) is 5.09. The average molecular weight is 403 g/mol. The second-order valence-electron chi connectivity index (χ2n) is 5.62. The van der Waals surface area contributed by atoms with E-state index in [0.717, 1.165) is 11.3 Å². The highest BCUT2D eigenvalue weighted by atomic mass is 35.5. The number of thioether (sulfide) groups is 1. The normalized spacial score (nSPS) is 10.7. The van der Waals surface area contributed by atoms with Crippen LogP contribution in [0.15, 0.2) is 59.8 Å². The molecule has 0 fully saturated rings. The van der Waals surface area contributed by atoms with Gasteiger partial charge in [0.2, 0.25) is 5.91 Å². The summed E-state index contributed by atoms with van der Waals surface area (Å²) in [6.07, 6.45) is 0. The molecule has 0 aliphatic carbocycles. The Balaban J connectivity index is 1.86. The molecule has 3 aromatic rings. The summed E-state index contributed by atoms with van der Waals surface area (Å²) in [6.45, 7) is 0.967. The second kappa shape index (κ2) is 9.55. The van der Waals surface area contributed by atoms with E-state index in [-0.39, 0.29) is 11.7 Å². The number of nitrogens with one attached hydrogen (secondary N) is 1. The van der Waals surface area contributed by atoms with E-state index in [1.807, 2.05) is 59.2 Å². The van der Waals surface area contributed by atoms with Gasteiger partial charge in [-0.3, -0.25) is 9.36 Å². The third-order valence-corrected chi connectivity index (χ3v) is 4.89. The number of halogens is 1. The van der Waals surface area contributed by atoms with Gasteiger partial charge in [0.1, 0.15) is 0 Å². The van der Waals surface area contributed by atoms with Crippen molar-refractivity contribution in [3.63, 3.8) is 0 Å². The summed E-state index contributed by atoms with van der Waals surface area (Å²) in [4.78, 5) is 12.0. The van der Waals surface area contributed by atoms with Crippen LogP contribution in [0.2, 0.25) is 5.02 Å². The monoisotopic (exact) mass is 402 g/mol. The molecular formula is C19H19ClN4O2S. The number of nitrogens with zero attached hydrogens (tertiary/aromatic N) is 3. The van der Waals surface area contributed by atoms with Crippen LogP contribution in [-0.4, -0.2) is 46.7 Å². The molecule has 6 nitrogen and oxygen atoms in total. The Labute approximate surface area is 166 Å². The number of para-hydroxylation sites is 1. The molecule has 0 unspecified atom stereocenters. The number of hydrogen-bond acceptors (Lipinski definition) is 5. The first-order chi connectivity index (χ1) is 13.2. The maximum atomic E-state index is 12.0. The summed E-state index contributed by atoms with van der Waals surface area (Å²) < 4.78 is 6.88. The van der Waals surface area contributed by atoms with Crippen molar-refractivity contribution in [2.45, 2.75) is 5.16 Å². The molecule has 0 radical (unpaired) electrons. The van der Waals surface area contributed by atoms with Crippen molar-refractivity contribution in [1.29, 1.82) is 0 Å². The first-order valence-corrected chi connectivity index (χ1v) is 9.70. The van der Waals surface area contributed by atoms with Crippen LogP contribution in [0, 0.1) is 0 Å². The molecular weight excluding hydrogens is 384 g/mol. The number of benzene rings is 2. The molecule has 0 spiro atoms. The predicted octanol–water partition coefficient (Wildman–Crippen LogP) is 3.44. The molecule has 140 valence electrons. The smallest absolute Gasteiger partial charge is 0.230 e. The van der Waals surface area contributed by atoms with Gasteiger partial charge in [-0.15, -0.1) is 10.2 Å². The summed E-state index contributed by atoms with van der Waals surface area (Å²) in [7, 11) is 1.60. The molecule has 0 atom stereocenters. The molecule has 0 saturated carbocycles. The number of hydrogen-bond donors (Lipinski definition) is 1. The lowest BCUT2D eigenvalue weighted by atomic mass is 10.2. The fourth-order valence-electron chi connectivity index (χ4n) is 2.43. The van der Waals surface area contributed by atoms with Gasteiger partial charge in [-0.1, -0.05) is 41.6 Å². The third-order valence-electron chi connectivity index (χ3n) is 3.71. The van der Waals surface area contributed by atoms with Crippen LogP contribution >= 0.6 is 23.4 Å². The van der Waals surface area contributed by atoms with Gasteiger partial charge in [0.25, 0.3) is 0 Å². The molecule has 27 heavy (non-hydrogen) atoms. The summed E-state index contributed by atoms with van der Waals surface area (Å²) >= 11 is 7.33. The SMILES string of the molecule is COCCNC(=O)CSc1nnc(-c2ccc(Cl)cc2)n1-c1ccccc1. The maximum Gasteiger partial charge on any atom is 0.230 e. The minimum Gasteiger partial charge on any atom is -0.383 e. The van der Waals surface area contributed by atoms with Crippen LogP contribution in [0.1, 0.15) is 0 Å². The van der Waals surface area contributed by atoms with Crippen LogP contribution in [0.5, 0.6) is 0 Å². The molecule has 0 saturated heterocycles. The average Bonchev–Trinajstić information content (AvgIpc) is 3.12. The summed E-state index contributed by atoms with van der Waals surface area (Å²) in [5.74, 6) is 0.864. The van der Waals surface area contributed by atoms with E-state index < -0.39 is 0 Å². The fraction of sp³-hybridized carbons (Fsp3) is 0.211. The molecule has 0 bridgehead atoms. The summed E-state index contributed by atoms with van der Waals surface area (Å²) in [5.41, 5.74) is 1.82. The quantitative estimate of drug-likeness (QED) is 0.461. The minimum atomic E-state index is -0.0762. The van der Waals surface area contributed by atoms with E-state index in [2.05, 4.69) is 15.5 Å². The molecule has 1 aromatic heterocycles. The standard InChI is InChI=1S/C19H19ClN4O2S/c1-26-12-11-21-17(25)13-27-19-23-22-18(14-7-9-15(20)10-8-14)24(19)16-5-3-2-4-6-16/h2-10H,11-13H2,1H3,(H,21,25). The Bertz CT molecular complexity index is 884. The molecule has 3 rings (SSSR count). The van der Waals surface area contributed by atoms with Crippen molar-refractivity contribution >= 4 is 29.3 Å². The minimum absolute atomic E-state index is 0.0762. The summed E-state index contributed by atoms with van der Waals surface area (Å²) in [6, 6.07) is 17.2. The fourth-order valence-corrected chi connectivity index (χ4v) is 3.34. The van der Waals surface area contributed by atoms with Crippen LogP contribution < -0.4 is 5.32 Å². The number of carbonyl (C=O) groups is 1. The highest BCUT2D eigenvalue weighted by molar-refractivity contribution is 7.99. The molecule has 1 N–H and O–H groups in total. The Kier molecular flexibility index (Phi) is 6.86. The number of rotatable bonds is 8. The van der Waals surface area contributed by atoms with Crippen molar-refractivity contribution in [1.82, 2.24) is 20.1 Å². The van der Waals surface area contributed by atoms with Crippen LogP contribution in [0.3, 0.4) is 0 Å². The number of aromatic nitrogens is 3. The van der Waals surface area contributed by atoms with Gasteiger partial charge < -0.3 is 10.1 Å². The zero-order valence-electron chi connectivity index (χ0n) is 14.8. The Hall–Kier alpha value is -2.35. The Morgan fingerprint density at radius 1 is 1.15 bits per heavy atom. The van der Waals surface area contributed by atoms with Crippen molar-refractivity contribution < 1.29 is 9.53 Å². The number of amides is 1. The number of ether oxygens (including phenoxy) is 1. The van der Waals surface area contributed by atoms with Crippen LogP contribution in [0.25, 0.3) is 17.1 Å². The first kappa shape index (κ1) is 19.4. The lowest BCUT2D eigenvalue weighted by Gasteiger charge is -2.10. The molecule has 0 aliphatic heterocycles. The van der Waals surface area contributed by atoms with E-state index in [1.165, 1.54) is 11.8 Å². The zero-order valence-corrected chi connectivity index (χ0v) is 16.3. The van der Waals surface area contributed by atoms with Gasteiger partial charge in [-0.2, -0.15) is 0 Å². The van der Waals surface area contributed by atoms with E-state index in [4.69, 9.17) is 16.3 Å².